The number of H-pyrrole nitrogens is 2. The minimum absolute atomic E-state index is 0.215. The fourth-order valence-electron chi connectivity index (χ4n) is 1.22. The van der Waals surface area contributed by atoms with Crippen LogP contribution in [0.25, 0.3) is 10.9 Å². The molecule has 1 heterocycles. The molecule has 2 N–H and O–H groups in total. The van der Waals surface area contributed by atoms with Crippen molar-refractivity contribution in [1.82, 2.24) is 10.2 Å². The summed E-state index contributed by atoms with van der Waals surface area (Å²) in [6.45, 7) is 1.63. The predicted molar refractivity (Wildman–Crippen MR) is 43.6 cm³/mol. The number of aromatic nitrogens is 2. The summed E-state index contributed by atoms with van der Waals surface area (Å²) in [7, 11) is 0. The van der Waals surface area contributed by atoms with Crippen molar-refractivity contribution in [1.29, 1.82) is 0 Å². The average Bonchev–Trinajstić information content (AvgIpc) is 2.41. The molecular formula is C8H7FN2O. The summed E-state index contributed by atoms with van der Waals surface area (Å²) < 4.78 is 12.9. The van der Waals surface area contributed by atoms with Crippen molar-refractivity contribution in [3.8, 4) is 0 Å². The van der Waals surface area contributed by atoms with E-state index in [4.69, 9.17) is 0 Å². The highest BCUT2D eigenvalue weighted by Crippen LogP contribution is 2.14. The topological polar surface area (TPSA) is 48.6 Å². The SMILES string of the molecule is Cc1c(F)ccc2c(=O)[nH][nH]c12. The van der Waals surface area contributed by atoms with Crippen LogP contribution in [-0.4, -0.2) is 10.2 Å². The molecule has 12 heavy (non-hydrogen) atoms. The third kappa shape index (κ3) is 0.777. The summed E-state index contributed by atoms with van der Waals surface area (Å²) in [5.41, 5.74) is 0.791. The second-order valence-corrected chi connectivity index (χ2v) is 2.67. The van der Waals surface area contributed by atoms with Crippen LogP contribution in [-0.2, 0) is 0 Å². The molecule has 0 spiro atoms. The zero-order valence-electron chi connectivity index (χ0n) is 6.44. The summed E-state index contributed by atoms with van der Waals surface area (Å²) in [6.07, 6.45) is 0. The highest BCUT2D eigenvalue weighted by Gasteiger charge is 2.06. The smallest absolute Gasteiger partial charge is 0.271 e. The normalized spacial score (nSPS) is 10.8. The van der Waals surface area contributed by atoms with Gasteiger partial charge in [0.05, 0.1) is 10.9 Å². The molecule has 2 rings (SSSR count). The van der Waals surface area contributed by atoms with Crippen molar-refractivity contribution in [2.24, 2.45) is 0 Å². The van der Waals surface area contributed by atoms with Gasteiger partial charge in [0.1, 0.15) is 5.82 Å². The van der Waals surface area contributed by atoms with Gasteiger partial charge in [-0.3, -0.25) is 15.0 Å². The first-order chi connectivity index (χ1) is 5.70. The van der Waals surface area contributed by atoms with E-state index in [9.17, 15) is 9.18 Å². The van der Waals surface area contributed by atoms with Gasteiger partial charge in [0.2, 0.25) is 0 Å². The van der Waals surface area contributed by atoms with Gasteiger partial charge in [-0.25, -0.2) is 4.39 Å². The fourth-order valence-corrected chi connectivity index (χ4v) is 1.22. The molecule has 1 aromatic carbocycles. The van der Waals surface area contributed by atoms with Gasteiger partial charge >= 0.3 is 0 Å². The number of hydrogen-bond donors (Lipinski definition) is 2. The van der Waals surface area contributed by atoms with Gasteiger partial charge in [-0.15, -0.1) is 0 Å². The molecular weight excluding hydrogens is 159 g/mol. The lowest BCUT2D eigenvalue weighted by atomic mass is 10.1. The zero-order chi connectivity index (χ0) is 8.72. The first-order valence-electron chi connectivity index (χ1n) is 3.55. The van der Waals surface area contributed by atoms with Crippen LogP contribution in [0.3, 0.4) is 0 Å². The van der Waals surface area contributed by atoms with Crippen LogP contribution in [0, 0.1) is 12.7 Å². The lowest BCUT2D eigenvalue weighted by Crippen LogP contribution is -1.97. The number of aromatic amines is 2. The number of rotatable bonds is 0. The maximum atomic E-state index is 12.9. The third-order valence-electron chi connectivity index (χ3n) is 1.94. The maximum Gasteiger partial charge on any atom is 0.271 e. The van der Waals surface area contributed by atoms with E-state index >= 15 is 0 Å². The number of hydrogen-bond acceptors (Lipinski definition) is 1. The molecule has 0 aliphatic rings. The molecule has 2 aromatic rings. The second kappa shape index (κ2) is 2.20. The highest BCUT2D eigenvalue weighted by atomic mass is 19.1. The summed E-state index contributed by atoms with van der Waals surface area (Å²) in [5, 5.41) is 5.51. The van der Waals surface area contributed by atoms with Gasteiger partial charge in [0, 0.05) is 5.56 Å². The number of halogens is 1. The van der Waals surface area contributed by atoms with Crippen LogP contribution < -0.4 is 5.56 Å². The molecule has 1 aromatic heterocycles. The van der Waals surface area contributed by atoms with Crippen LogP contribution in [0.1, 0.15) is 5.56 Å². The lowest BCUT2D eigenvalue weighted by Gasteiger charge is -1.94. The van der Waals surface area contributed by atoms with Crippen LogP contribution in [0.2, 0.25) is 0 Å². The van der Waals surface area contributed by atoms with E-state index in [0.717, 1.165) is 0 Å². The van der Waals surface area contributed by atoms with E-state index < -0.39 is 0 Å². The Balaban J connectivity index is 3.02. The molecule has 0 radical (unpaired) electrons. The number of aryl methyl sites for hydroxylation is 1. The molecule has 0 saturated carbocycles. The maximum absolute atomic E-state index is 12.9. The Bertz CT molecular complexity index is 483. The molecule has 0 aliphatic heterocycles. The van der Waals surface area contributed by atoms with E-state index in [0.29, 0.717) is 16.5 Å². The summed E-state index contributed by atoms with van der Waals surface area (Å²) in [4.78, 5) is 11.0. The Morgan fingerprint density at radius 2 is 2.08 bits per heavy atom. The van der Waals surface area contributed by atoms with E-state index in [-0.39, 0.29) is 11.4 Å². The number of fused-ring (bicyclic) bond motifs is 1. The minimum Gasteiger partial charge on any atom is -0.297 e. The van der Waals surface area contributed by atoms with E-state index in [2.05, 4.69) is 10.2 Å². The molecule has 0 atom stereocenters. The van der Waals surface area contributed by atoms with Crippen LogP contribution in [0.15, 0.2) is 16.9 Å². The Hall–Kier alpha value is -1.58. The molecule has 0 fully saturated rings. The molecule has 0 amide bonds. The molecule has 3 nitrogen and oxygen atoms in total. The Labute approximate surface area is 67.2 Å². The first kappa shape index (κ1) is 7.09. The lowest BCUT2D eigenvalue weighted by molar-refractivity contribution is 0.620. The van der Waals surface area contributed by atoms with Crippen LogP contribution in [0.5, 0.6) is 0 Å². The minimum atomic E-state index is -0.308. The molecule has 4 heteroatoms. The van der Waals surface area contributed by atoms with Gasteiger partial charge < -0.3 is 0 Å². The molecule has 0 saturated heterocycles. The third-order valence-corrected chi connectivity index (χ3v) is 1.94. The van der Waals surface area contributed by atoms with Gasteiger partial charge in [-0.1, -0.05) is 0 Å². The van der Waals surface area contributed by atoms with Gasteiger partial charge in [0.25, 0.3) is 5.56 Å². The Kier molecular flexibility index (Phi) is 1.30. The van der Waals surface area contributed by atoms with Gasteiger partial charge in [-0.05, 0) is 19.1 Å². The van der Waals surface area contributed by atoms with Crippen molar-refractivity contribution in [3.63, 3.8) is 0 Å². The largest absolute Gasteiger partial charge is 0.297 e. The standard InChI is InChI=1S/C8H7FN2O/c1-4-6(9)3-2-5-7(4)10-11-8(5)12/h2-3H,1H3,(H2,10,11,12). The second-order valence-electron chi connectivity index (χ2n) is 2.67. The Morgan fingerprint density at radius 1 is 1.33 bits per heavy atom. The Morgan fingerprint density at radius 3 is 2.83 bits per heavy atom. The van der Waals surface area contributed by atoms with E-state index in [1.807, 2.05) is 0 Å². The average molecular weight is 166 g/mol. The van der Waals surface area contributed by atoms with Crippen LogP contribution in [0.4, 0.5) is 4.39 Å². The predicted octanol–water partition coefficient (Wildman–Crippen LogP) is 1.30. The highest BCUT2D eigenvalue weighted by molar-refractivity contribution is 5.80. The molecule has 0 unspecified atom stereocenters. The van der Waals surface area contributed by atoms with Crippen molar-refractivity contribution >= 4 is 10.9 Å². The molecule has 62 valence electrons. The van der Waals surface area contributed by atoms with Crippen molar-refractivity contribution in [2.45, 2.75) is 6.92 Å². The quantitative estimate of drug-likeness (QED) is 0.609. The van der Waals surface area contributed by atoms with Crippen molar-refractivity contribution < 1.29 is 4.39 Å². The van der Waals surface area contributed by atoms with Gasteiger partial charge in [0.15, 0.2) is 0 Å². The summed E-state index contributed by atoms with van der Waals surface area (Å²) in [6, 6.07) is 2.76. The number of nitrogens with one attached hydrogen (secondary N) is 2. The van der Waals surface area contributed by atoms with E-state index in [1.54, 1.807) is 6.92 Å². The molecule has 0 aliphatic carbocycles. The fraction of sp³-hybridized carbons (Fsp3) is 0.125. The summed E-state index contributed by atoms with van der Waals surface area (Å²) >= 11 is 0. The molecule has 0 bridgehead atoms. The van der Waals surface area contributed by atoms with E-state index in [1.165, 1.54) is 12.1 Å². The first-order valence-corrected chi connectivity index (χ1v) is 3.55. The monoisotopic (exact) mass is 166 g/mol. The van der Waals surface area contributed by atoms with Crippen LogP contribution >= 0.6 is 0 Å². The zero-order valence-corrected chi connectivity index (χ0v) is 6.44. The van der Waals surface area contributed by atoms with Gasteiger partial charge in [-0.2, -0.15) is 0 Å². The van der Waals surface area contributed by atoms with Crippen molar-refractivity contribution in [2.75, 3.05) is 0 Å². The number of benzene rings is 1. The summed E-state index contributed by atoms with van der Waals surface area (Å²) in [5.74, 6) is -0.308. The van der Waals surface area contributed by atoms with Crippen molar-refractivity contribution in [3.05, 3.63) is 33.9 Å².